The number of carbonyl (C=O) groups is 1. The zero-order chi connectivity index (χ0) is 24.0. The van der Waals surface area contributed by atoms with Gasteiger partial charge in [-0.25, -0.2) is 12.8 Å². The molecule has 1 amide bonds. The van der Waals surface area contributed by atoms with E-state index in [1.165, 1.54) is 24.3 Å². The smallest absolute Gasteiger partial charge is 0.264 e. The largest absolute Gasteiger partial charge is 0.494 e. The van der Waals surface area contributed by atoms with Crippen molar-refractivity contribution in [2.24, 2.45) is 0 Å². The maximum Gasteiger partial charge on any atom is 0.264 e. The van der Waals surface area contributed by atoms with Crippen LogP contribution < -0.4 is 14.4 Å². The number of hydrogen-bond acceptors (Lipinski definition) is 4. The van der Waals surface area contributed by atoms with Gasteiger partial charge in [0.15, 0.2) is 0 Å². The molecule has 0 radical (unpaired) electrons. The van der Waals surface area contributed by atoms with Crippen LogP contribution in [0.5, 0.6) is 5.75 Å². The monoisotopic (exact) mass is 490 g/mol. The first-order valence-electron chi connectivity index (χ1n) is 10.3. The Morgan fingerprint density at radius 1 is 1.09 bits per heavy atom. The summed E-state index contributed by atoms with van der Waals surface area (Å²) in [5, 5.41) is 2.56. The number of nitrogens with zero attached hydrogens (tertiary/aromatic N) is 1. The molecule has 6 nitrogen and oxygen atoms in total. The highest BCUT2D eigenvalue weighted by molar-refractivity contribution is 7.92. The topological polar surface area (TPSA) is 75.7 Å². The molecule has 0 spiro atoms. The fraction of sp³-hybridized carbons (Fsp3) is 0.208. The van der Waals surface area contributed by atoms with Gasteiger partial charge in [0, 0.05) is 0 Å². The van der Waals surface area contributed by atoms with Gasteiger partial charge < -0.3 is 10.1 Å². The zero-order valence-corrected chi connectivity index (χ0v) is 19.7. The molecular formula is C24H24ClFN2O4S. The lowest BCUT2D eigenvalue weighted by molar-refractivity contribution is -0.120. The van der Waals surface area contributed by atoms with E-state index in [1.807, 2.05) is 19.1 Å². The van der Waals surface area contributed by atoms with Crippen molar-refractivity contribution in [3.8, 4) is 5.75 Å². The highest BCUT2D eigenvalue weighted by atomic mass is 35.5. The average molecular weight is 491 g/mol. The van der Waals surface area contributed by atoms with Crippen LogP contribution in [0.1, 0.15) is 25.5 Å². The molecule has 1 N–H and O–H groups in total. The molecule has 0 saturated heterocycles. The Morgan fingerprint density at radius 3 is 2.36 bits per heavy atom. The summed E-state index contributed by atoms with van der Waals surface area (Å²) in [6, 6.07) is 18.1. The van der Waals surface area contributed by atoms with Gasteiger partial charge in [0.1, 0.15) is 18.1 Å². The van der Waals surface area contributed by atoms with E-state index in [0.717, 1.165) is 15.9 Å². The van der Waals surface area contributed by atoms with Gasteiger partial charge in [0.05, 0.1) is 28.3 Å². The first-order chi connectivity index (χ1) is 15.7. The number of hydrogen-bond donors (Lipinski definition) is 1. The number of rotatable bonds is 9. The summed E-state index contributed by atoms with van der Waals surface area (Å²) in [5.74, 6) is -0.504. The van der Waals surface area contributed by atoms with E-state index in [-0.39, 0.29) is 21.6 Å². The van der Waals surface area contributed by atoms with Gasteiger partial charge in [-0.2, -0.15) is 0 Å². The van der Waals surface area contributed by atoms with Crippen LogP contribution in [-0.2, 0) is 14.8 Å². The van der Waals surface area contributed by atoms with E-state index in [2.05, 4.69) is 5.32 Å². The van der Waals surface area contributed by atoms with Crippen LogP contribution in [0.4, 0.5) is 10.1 Å². The normalized spacial score (nSPS) is 12.1. The molecule has 3 aromatic carbocycles. The molecule has 0 aromatic heterocycles. The highest BCUT2D eigenvalue weighted by Gasteiger charge is 2.28. The van der Waals surface area contributed by atoms with Crippen LogP contribution in [0.25, 0.3) is 0 Å². The Kier molecular flexibility index (Phi) is 7.94. The predicted octanol–water partition coefficient (Wildman–Crippen LogP) is 4.95. The molecule has 0 aliphatic carbocycles. The van der Waals surface area contributed by atoms with Crippen molar-refractivity contribution in [2.45, 2.75) is 24.8 Å². The van der Waals surface area contributed by atoms with Crippen LogP contribution in [-0.4, -0.2) is 27.5 Å². The second-order valence-electron chi connectivity index (χ2n) is 7.21. The Hall–Kier alpha value is -3.10. The van der Waals surface area contributed by atoms with E-state index >= 15 is 0 Å². The molecule has 0 fully saturated rings. The summed E-state index contributed by atoms with van der Waals surface area (Å²) in [7, 11) is -4.12. The molecule has 0 bridgehead atoms. The van der Waals surface area contributed by atoms with Crippen molar-refractivity contribution in [1.29, 1.82) is 0 Å². The Balaban J connectivity index is 1.85. The van der Waals surface area contributed by atoms with Crippen molar-refractivity contribution in [2.75, 3.05) is 17.5 Å². The molecule has 1 unspecified atom stereocenters. The van der Waals surface area contributed by atoms with E-state index in [4.69, 9.17) is 16.3 Å². The molecule has 0 aliphatic heterocycles. The van der Waals surface area contributed by atoms with Gasteiger partial charge in [-0.05, 0) is 61.9 Å². The number of amides is 1. The first kappa shape index (κ1) is 24.5. The van der Waals surface area contributed by atoms with Crippen molar-refractivity contribution >= 4 is 33.2 Å². The molecule has 0 saturated carbocycles. The summed E-state index contributed by atoms with van der Waals surface area (Å²) in [5.41, 5.74) is 0.906. The van der Waals surface area contributed by atoms with Gasteiger partial charge in [0.2, 0.25) is 5.91 Å². The van der Waals surface area contributed by atoms with Gasteiger partial charge in [-0.1, -0.05) is 41.9 Å². The average Bonchev–Trinajstić information content (AvgIpc) is 2.80. The number of anilines is 1. The fourth-order valence-corrected chi connectivity index (χ4v) is 4.80. The second kappa shape index (κ2) is 10.7. The number of carbonyl (C=O) groups excluding carboxylic acids is 1. The van der Waals surface area contributed by atoms with Gasteiger partial charge in [-0.15, -0.1) is 0 Å². The quantitative estimate of drug-likeness (QED) is 0.460. The van der Waals surface area contributed by atoms with Crippen molar-refractivity contribution in [3.63, 3.8) is 0 Å². The highest BCUT2D eigenvalue weighted by Crippen LogP contribution is 2.28. The molecule has 1 atom stereocenters. The van der Waals surface area contributed by atoms with Gasteiger partial charge in [-0.3, -0.25) is 9.10 Å². The minimum absolute atomic E-state index is 0.00203. The number of halogens is 2. The Labute approximate surface area is 198 Å². The van der Waals surface area contributed by atoms with Crippen LogP contribution in [0, 0.1) is 5.82 Å². The van der Waals surface area contributed by atoms with Gasteiger partial charge in [0.25, 0.3) is 10.0 Å². The number of benzene rings is 3. The molecule has 33 heavy (non-hydrogen) atoms. The number of nitrogens with one attached hydrogen (secondary N) is 1. The predicted molar refractivity (Wildman–Crippen MR) is 127 cm³/mol. The molecule has 9 heteroatoms. The summed E-state index contributed by atoms with van der Waals surface area (Å²) in [4.78, 5) is 12.9. The van der Waals surface area contributed by atoms with Crippen molar-refractivity contribution in [1.82, 2.24) is 5.32 Å². The van der Waals surface area contributed by atoms with Crippen molar-refractivity contribution < 1.29 is 22.3 Å². The van der Waals surface area contributed by atoms with Gasteiger partial charge >= 0.3 is 0 Å². The molecule has 3 aromatic rings. The zero-order valence-electron chi connectivity index (χ0n) is 18.2. The van der Waals surface area contributed by atoms with Crippen LogP contribution in [0.3, 0.4) is 0 Å². The minimum Gasteiger partial charge on any atom is -0.494 e. The SMILES string of the molecule is CCOc1ccc(C(C)NC(=O)CN(c2ccc(F)c(Cl)c2)S(=O)(=O)c2ccccc2)cc1. The summed E-state index contributed by atoms with van der Waals surface area (Å²) in [6.07, 6.45) is 0. The third-order valence-electron chi connectivity index (χ3n) is 4.88. The van der Waals surface area contributed by atoms with E-state index in [1.54, 1.807) is 37.3 Å². The molecular weight excluding hydrogens is 467 g/mol. The fourth-order valence-electron chi connectivity index (χ4n) is 3.20. The third kappa shape index (κ3) is 6.03. The summed E-state index contributed by atoms with van der Waals surface area (Å²) < 4.78 is 46.7. The lowest BCUT2D eigenvalue weighted by atomic mass is 10.1. The summed E-state index contributed by atoms with van der Waals surface area (Å²) in [6.45, 7) is 3.71. The minimum atomic E-state index is -4.12. The number of ether oxygens (including phenoxy) is 1. The van der Waals surface area contributed by atoms with E-state index < -0.39 is 28.3 Å². The first-order valence-corrected chi connectivity index (χ1v) is 12.1. The van der Waals surface area contributed by atoms with E-state index in [9.17, 15) is 17.6 Å². The second-order valence-corrected chi connectivity index (χ2v) is 9.48. The summed E-state index contributed by atoms with van der Waals surface area (Å²) >= 11 is 5.88. The molecule has 3 rings (SSSR count). The standard InChI is InChI=1S/C24H24ClFN2O4S/c1-3-32-20-12-9-18(10-13-20)17(2)27-24(29)16-28(19-11-14-23(26)22(25)15-19)33(30,31)21-7-5-4-6-8-21/h4-15,17H,3,16H2,1-2H3,(H,27,29). The third-order valence-corrected chi connectivity index (χ3v) is 6.96. The van der Waals surface area contributed by atoms with Crippen LogP contribution in [0.2, 0.25) is 5.02 Å². The van der Waals surface area contributed by atoms with Crippen LogP contribution >= 0.6 is 11.6 Å². The number of sulfonamides is 1. The lowest BCUT2D eigenvalue weighted by Gasteiger charge is -2.25. The maximum atomic E-state index is 13.7. The maximum absolute atomic E-state index is 13.7. The Bertz CT molecular complexity index is 1200. The molecule has 174 valence electrons. The van der Waals surface area contributed by atoms with E-state index in [0.29, 0.717) is 12.4 Å². The van der Waals surface area contributed by atoms with Crippen molar-refractivity contribution in [3.05, 3.63) is 89.2 Å². The lowest BCUT2D eigenvalue weighted by Crippen LogP contribution is -2.41. The Morgan fingerprint density at radius 2 is 1.76 bits per heavy atom. The molecule has 0 aliphatic rings. The van der Waals surface area contributed by atoms with Crippen LogP contribution in [0.15, 0.2) is 77.7 Å². The molecule has 0 heterocycles.